The fourth-order valence-electron chi connectivity index (χ4n) is 2.08. The van der Waals surface area contributed by atoms with Crippen LogP contribution in [0.1, 0.15) is 11.1 Å². The first-order valence-electron chi connectivity index (χ1n) is 6.98. The fraction of sp³-hybridized carbons (Fsp3) is 0.125. The summed E-state index contributed by atoms with van der Waals surface area (Å²) in [6.07, 6.45) is 1.79. The third kappa shape index (κ3) is 3.22. The molecule has 0 aliphatic carbocycles. The van der Waals surface area contributed by atoms with E-state index in [4.69, 9.17) is 11.6 Å². The van der Waals surface area contributed by atoms with Crippen LogP contribution in [0, 0.1) is 18.3 Å². The quantitative estimate of drug-likeness (QED) is 0.612. The van der Waals surface area contributed by atoms with Crippen LogP contribution in [0.5, 0.6) is 0 Å². The molecular weight excluding hydrogens is 362 g/mol. The molecule has 0 atom stereocenters. The predicted octanol–water partition coefficient (Wildman–Crippen LogP) is 4.57. The van der Waals surface area contributed by atoms with Gasteiger partial charge in [-0.25, -0.2) is 0 Å². The van der Waals surface area contributed by atoms with Gasteiger partial charge in [-0.05, 0) is 30.2 Å². The number of halogens is 1. The molecule has 0 bridgehead atoms. The molecule has 0 aliphatic rings. The molecule has 0 aliphatic heterocycles. The topological polar surface area (TPSA) is 67.4 Å². The number of aromatic nitrogens is 4. The van der Waals surface area contributed by atoms with Crippen molar-refractivity contribution in [2.24, 2.45) is 0 Å². The van der Waals surface area contributed by atoms with E-state index in [0.29, 0.717) is 21.5 Å². The lowest BCUT2D eigenvalue weighted by molar-refractivity contribution is 0.731. The molecule has 0 saturated heterocycles. The summed E-state index contributed by atoms with van der Waals surface area (Å²) in [4.78, 5) is 0. The van der Waals surface area contributed by atoms with E-state index >= 15 is 0 Å². The van der Waals surface area contributed by atoms with Gasteiger partial charge in [0.1, 0.15) is 15.8 Å². The number of aryl methyl sites for hydroxylation is 1. The van der Waals surface area contributed by atoms with Gasteiger partial charge in [-0.1, -0.05) is 47.5 Å². The van der Waals surface area contributed by atoms with Crippen molar-refractivity contribution in [2.75, 3.05) is 0 Å². The van der Waals surface area contributed by atoms with Crippen molar-refractivity contribution in [1.82, 2.24) is 19.1 Å². The monoisotopic (exact) mass is 373 g/mol. The molecular formula is C16H12ClN5S2. The zero-order valence-electron chi connectivity index (χ0n) is 12.7. The molecule has 24 heavy (non-hydrogen) atoms. The summed E-state index contributed by atoms with van der Waals surface area (Å²) in [5.74, 6) is 0.756. The van der Waals surface area contributed by atoms with E-state index in [1.54, 1.807) is 6.08 Å². The predicted molar refractivity (Wildman–Crippen MR) is 96.4 cm³/mol. The Balaban J connectivity index is 2.01. The molecule has 2 aromatic heterocycles. The van der Waals surface area contributed by atoms with Crippen molar-refractivity contribution < 1.29 is 0 Å². The normalized spacial score (nSPS) is 10.5. The Bertz CT molecular complexity index is 921. The number of allylic oxidation sites excluding steroid dienone is 1. The van der Waals surface area contributed by atoms with Gasteiger partial charge in [-0.2, -0.15) is 9.64 Å². The third-order valence-electron chi connectivity index (χ3n) is 3.25. The molecule has 0 unspecified atom stereocenters. The second-order valence-corrected chi connectivity index (χ2v) is 7.29. The summed E-state index contributed by atoms with van der Waals surface area (Å²) < 4.78 is 6.68. The summed E-state index contributed by atoms with van der Waals surface area (Å²) in [7, 11) is 0. The zero-order valence-corrected chi connectivity index (χ0v) is 15.1. The van der Waals surface area contributed by atoms with Gasteiger partial charge in [-0.3, -0.25) is 4.57 Å². The maximum Gasteiger partial charge on any atom is 0.197 e. The molecule has 0 N–H and O–H groups in total. The van der Waals surface area contributed by atoms with Gasteiger partial charge in [0.25, 0.3) is 0 Å². The third-order valence-corrected chi connectivity index (χ3v) is 5.62. The van der Waals surface area contributed by atoms with E-state index < -0.39 is 0 Å². The Morgan fingerprint density at radius 2 is 2.12 bits per heavy atom. The van der Waals surface area contributed by atoms with Crippen molar-refractivity contribution in [1.29, 1.82) is 5.26 Å². The van der Waals surface area contributed by atoms with Crippen LogP contribution in [0.3, 0.4) is 0 Å². The zero-order chi connectivity index (χ0) is 17.1. The van der Waals surface area contributed by atoms with Crippen LogP contribution < -0.4 is 0 Å². The Morgan fingerprint density at radius 1 is 1.38 bits per heavy atom. The highest BCUT2D eigenvalue weighted by atomic mass is 35.5. The van der Waals surface area contributed by atoms with E-state index in [-0.39, 0.29) is 5.15 Å². The molecule has 1 aromatic carbocycles. The highest BCUT2D eigenvalue weighted by molar-refractivity contribution is 8.01. The summed E-state index contributed by atoms with van der Waals surface area (Å²) >= 11 is 8.45. The first kappa shape index (κ1) is 16.7. The van der Waals surface area contributed by atoms with Crippen LogP contribution in [-0.4, -0.2) is 19.1 Å². The summed E-state index contributed by atoms with van der Waals surface area (Å²) in [6.45, 7) is 6.40. The minimum atomic E-state index is 0.221. The lowest BCUT2D eigenvalue weighted by atomic mass is 10.1. The lowest BCUT2D eigenvalue weighted by Crippen LogP contribution is -2.00. The molecule has 3 rings (SSSR count). The molecule has 120 valence electrons. The number of nitriles is 1. The van der Waals surface area contributed by atoms with E-state index in [9.17, 15) is 5.26 Å². The van der Waals surface area contributed by atoms with Crippen molar-refractivity contribution in [3.05, 3.63) is 53.2 Å². The Labute approximate surface area is 152 Å². The number of benzene rings is 1. The molecule has 5 nitrogen and oxygen atoms in total. The van der Waals surface area contributed by atoms with E-state index in [1.165, 1.54) is 28.9 Å². The Morgan fingerprint density at radius 3 is 2.79 bits per heavy atom. The van der Waals surface area contributed by atoms with Gasteiger partial charge in [-0.15, -0.1) is 16.8 Å². The number of rotatable bonds is 5. The van der Waals surface area contributed by atoms with Crippen LogP contribution in [0.15, 0.2) is 46.3 Å². The van der Waals surface area contributed by atoms with Crippen LogP contribution in [0.2, 0.25) is 5.15 Å². The van der Waals surface area contributed by atoms with Crippen LogP contribution >= 0.6 is 34.9 Å². The van der Waals surface area contributed by atoms with Gasteiger partial charge in [0, 0.05) is 12.1 Å². The SMILES string of the molecule is C=CCn1c(Sc2snc(Cl)c2C#N)nnc1-c1ccc(C)cc1. The largest absolute Gasteiger partial charge is 0.298 e. The molecule has 8 heteroatoms. The van der Waals surface area contributed by atoms with Gasteiger partial charge >= 0.3 is 0 Å². The molecule has 2 heterocycles. The number of nitrogens with zero attached hydrogens (tertiary/aromatic N) is 5. The fourth-order valence-corrected chi connectivity index (χ4v) is 4.16. The summed E-state index contributed by atoms with van der Waals surface area (Å²) in [5.41, 5.74) is 2.53. The van der Waals surface area contributed by atoms with E-state index in [0.717, 1.165) is 11.4 Å². The first-order valence-corrected chi connectivity index (χ1v) is 8.95. The highest BCUT2D eigenvalue weighted by Gasteiger charge is 2.19. The molecule has 0 saturated carbocycles. The van der Waals surface area contributed by atoms with Gasteiger partial charge in [0.15, 0.2) is 16.1 Å². The average molecular weight is 374 g/mol. The molecule has 0 spiro atoms. The van der Waals surface area contributed by atoms with E-state index in [2.05, 4.69) is 27.2 Å². The average Bonchev–Trinajstić information content (AvgIpc) is 3.13. The van der Waals surface area contributed by atoms with Crippen molar-refractivity contribution >= 4 is 34.9 Å². The van der Waals surface area contributed by atoms with E-state index in [1.807, 2.05) is 35.8 Å². The van der Waals surface area contributed by atoms with Crippen molar-refractivity contribution in [3.8, 4) is 17.5 Å². The van der Waals surface area contributed by atoms with Gasteiger partial charge in [0.2, 0.25) is 0 Å². The number of hydrogen-bond acceptors (Lipinski definition) is 6. The van der Waals surface area contributed by atoms with Crippen LogP contribution in [0.4, 0.5) is 0 Å². The minimum Gasteiger partial charge on any atom is -0.298 e. The second-order valence-electron chi connectivity index (χ2n) is 4.92. The maximum atomic E-state index is 9.21. The molecule has 0 radical (unpaired) electrons. The molecule has 3 aromatic rings. The first-order chi connectivity index (χ1) is 11.6. The summed E-state index contributed by atoms with van der Waals surface area (Å²) in [5, 5.41) is 18.7. The number of hydrogen-bond donors (Lipinski definition) is 0. The lowest BCUT2D eigenvalue weighted by Gasteiger charge is -2.07. The van der Waals surface area contributed by atoms with Gasteiger partial charge < -0.3 is 0 Å². The van der Waals surface area contributed by atoms with Crippen LogP contribution in [0.25, 0.3) is 11.4 Å². The summed E-state index contributed by atoms with van der Waals surface area (Å²) in [6, 6.07) is 10.2. The highest BCUT2D eigenvalue weighted by Crippen LogP contribution is 2.37. The standard InChI is InChI=1S/C16H12ClN5S2/c1-3-8-22-14(11-6-4-10(2)5-7-11)19-20-16(22)23-15-12(9-18)13(17)21-24-15/h3-7H,1,8H2,2H3. The van der Waals surface area contributed by atoms with Crippen LogP contribution in [-0.2, 0) is 6.54 Å². The van der Waals surface area contributed by atoms with Crippen molar-refractivity contribution in [2.45, 2.75) is 22.8 Å². The minimum absolute atomic E-state index is 0.221. The van der Waals surface area contributed by atoms with Gasteiger partial charge in [0.05, 0.1) is 0 Å². The molecule has 0 amide bonds. The smallest absolute Gasteiger partial charge is 0.197 e. The second kappa shape index (κ2) is 7.18. The maximum absolute atomic E-state index is 9.21. The molecule has 0 fully saturated rings. The van der Waals surface area contributed by atoms with Crippen molar-refractivity contribution in [3.63, 3.8) is 0 Å². The Hall–Kier alpha value is -2.14. The Kier molecular flexibility index (Phi) is 5.00.